The monoisotopic (exact) mass is 277 g/mol. The van der Waals surface area contributed by atoms with Crippen molar-refractivity contribution in [3.8, 4) is 0 Å². The van der Waals surface area contributed by atoms with Crippen LogP contribution in [0.1, 0.15) is 51.0 Å². The van der Waals surface area contributed by atoms with E-state index in [-0.39, 0.29) is 11.4 Å². The third-order valence-electron chi connectivity index (χ3n) is 5.30. The van der Waals surface area contributed by atoms with E-state index in [1.165, 1.54) is 18.9 Å². The molecule has 1 spiro atoms. The molecule has 2 unspecified atom stereocenters. The summed E-state index contributed by atoms with van der Waals surface area (Å²) in [6.45, 7) is 2.83. The number of nitrogens with two attached hydrogens (primary N) is 1. The Morgan fingerprint density at radius 3 is 2.80 bits per heavy atom. The van der Waals surface area contributed by atoms with Crippen LogP contribution >= 0.6 is 0 Å². The topological polar surface area (TPSA) is 35.2 Å². The van der Waals surface area contributed by atoms with E-state index in [0.29, 0.717) is 5.92 Å². The quantitative estimate of drug-likeness (QED) is 0.893. The summed E-state index contributed by atoms with van der Waals surface area (Å²) in [6.07, 6.45) is 6.80. The summed E-state index contributed by atoms with van der Waals surface area (Å²) in [4.78, 5) is 0. The summed E-state index contributed by atoms with van der Waals surface area (Å²) in [6, 6.07) is 6.75. The van der Waals surface area contributed by atoms with Crippen LogP contribution in [0.25, 0.3) is 0 Å². The Bertz CT molecular complexity index is 480. The minimum Gasteiger partial charge on any atom is -0.375 e. The summed E-state index contributed by atoms with van der Waals surface area (Å²) in [5, 5.41) is 0. The normalized spacial score (nSPS) is 28.4. The van der Waals surface area contributed by atoms with Crippen molar-refractivity contribution in [2.24, 2.45) is 11.7 Å². The van der Waals surface area contributed by atoms with Gasteiger partial charge in [0.2, 0.25) is 0 Å². The number of benzene rings is 1. The van der Waals surface area contributed by atoms with Crippen LogP contribution in [0.5, 0.6) is 0 Å². The molecule has 0 radical (unpaired) electrons. The number of rotatable bonds is 2. The van der Waals surface area contributed by atoms with Gasteiger partial charge in [-0.15, -0.1) is 0 Å². The summed E-state index contributed by atoms with van der Waals surface area (Å²) in [5.41, 5.74) is 7.08. The van der Waals surface area contributed by atoms with Gasteiger partial charge in [0.1, 0.15) is 5.82 Å². The molecule has 3 rings (SSSR count). The van der Waals surface area contributed by atoms with Gasteiger partial charge in [-0.25, -0.2) is 4.39 Å². The summed E-state index contributed by atoms with van der Waals surface area (Å²) < 4.78 is 19.6. The molecule has 20 heavy (non-hydrogen) atoms. The Hall–Kier alpha value is -0.930. The maximum atomic E-state index is 13.5. The highest BCUT2D eigenvalue weighted by Crippen LogP contribution is 2.46. The zero-order chi connectivity index (χ0) is 14.2. The third kappa shape index (κ3) is 2.49. The van der Waals surface area contributed by atoms with Crippen LogP contribution in [0.15, 0.2) is 24.3 Å². The first-order chi connectivity index (χ1) is 9.52. The van der Waals surface area contributed by atoms with Gasteiger partial charge in [-0.3, -0.25) is 0 Å². The fourth-order valence-corrected chi connectivity index (χ4v) is 3.97. The summed E-state index contributed by atoms with van der Waals surface area (Å²) in [5.74, 6) is 0.151. The van der Waals surface area contributed by atoms with Crippen LogP contribution < -0.4 is 5.73 Å². The van der Waals surface area contributed by atoms with E-state index in [1.807, 2.05) is 13.0 Å². The minimum absolute atomic E-state index is 0.0525. The Kier molecular flexibility index (Phi) is 3.59. The first-order valence-corrected chi connectivity index (χ1v) is 7.71. The molecule has 2 fully saturated rings. The maximum Gasteiger partial charge on any atom is 0.123 e. The van der Waals surface area contributed by atoms with Gasteiger partial charge in [0.05, 0.1) is 5.60 Å². The molecule has 2 nitrogen and oxygen atoms in total. The molecule has 1 saturated carbocycles. The van der Waals surface area contributed by atoms with Crippen LogP contribution in [0.4, 0.5) is 4.39 Å². The van der Waals surface area contributed by atoms with Crippen LogP contribution in [0, 0.1) is 11.7 Å². The molecule has 1 aromatic carbocycles. The van der Waals surface area contributed by atoms with E-state index in [0.717, 1.165) is 37.9 Å². The summed E-state index contributed by atoms with van der Waals surface area (Å²) in [7, 11) is 0. The maximum absolute atomic E-state index is 13.5. The van der Waals surface area contributed by atoms with Crippen LogP contribution in [-0.2, 0) is 10.3 Å². The SMILES string of the molecule is CC(N)(c1cccc(F)c1)C1CCOC2(CCCC2)C1. The zero-order valence-corrected chi connectivity index (χ0v) is 12.2. The highest BCUT2D eigenvalue weighted by Gasteiger charge is 2.45. The van der Waals surface area contributed by atoms with Gasteiger partial charge in [0, 0.05) is 12.1 Å². The lowest BCUT2D eigenvalue weighted by atomic mass is 9.71. The molecule has 0 aromatic heterocycles. The first kappa shape index (κ1) is 14.0. The van der Waals surface area contributed by atoms with Crippen molar-refractivity contribution in [1.29, 1.82) is 0 Å². The lowest BCUT2D eigenvalue weighted by Crippen LogP contribution is -2.49. The number of ether oxygens (including phenoxy) is 1. The van der Waals surface area contributed by atoms with Crippen molar-refractivity contribution < 1.29 is 9.13 Å². The van der Waals surface area contributed by atoms with Gasteiger partial charge >= 0.3 is 0 Å². The Morgan fingerprint density at radius 2 is 2.10 bits per heavy atom. The highest BCUT2D eigenvalue weighted by molar-refractivity contribution is 5.25. The fraction of sp³-hybridized carbons (Fsp3) is 0.647. The predicted octanol–water partition coefficient (Wildman–Crippen LogP) is 3.74. The van der Waals surface area contributed by atoms with E-state index in [1.54, 1.807) is 12.1 Å². The lowest BCUT2D eigenvalue weighted by Gasteiger charge is -2.45. The molecule has 1 aliphatic heterocycles. The number of halogens is 1. The molecule has 2 atom stereocenters. The van der Waals surface area contributed by atoms with E-state index < -0.39 is 5.54 Å². The molecule has 0 bridgehead atoms. The smallest absolute Gasteiger partial charge is 0.123 e. The van der Waals surface area contributed by atoms with Crippen molar-refractivity contribution in [1.82, 2.24) is 0 Å². The van der Waals surface area contributed by atoms with Crippen molar-refractivity contribution in [2.45, 2.75) is 56.6 Å². The predicted molar refractivity (Wildman–Crippen MR) is 77.8 cm³/mol. The fourth-order valence-electron chi connectivity index (χ4n) is 3.97. The zero-order valence-electron chi connectivity index (χ0n) is 12.2. The second-order valence-electron chi connectivity index (χ2n) is 6.72. The standard InChI is InChI=1S/C17H24FNO/c1-16(19,13-5-4-6-15(18)11-13)14-7-10-20-17(12-14)8-2-3-9-17/h4-6,11,14H,2-3,7-10,12,19H2,1H3. The highest BCUT2D eigenvalue weighted by atomic mass is 19.1. The van der Waals surface area contributed by atoms with E-state index in [2.05, 4.69) is 0 Å². The van der Waals surface area contributed by atoms with E-state index in [4.69, 9.17) is 10.5 Å². The van der Waals surface area contributed by atoms with Crippen molar-refractivity contribution in [3.63, 3.8) is 0 Å². The van der Waals surface area contributed by atoms with Crippen molar-refractivity contribution in [3.05, 3.63) is 35.6 Å². The van der Waals surface area contributed by atoms with Gasteiger partial charge in [-0.1, -0.05) is 25.0 Å². The van der Waals surface area contributed by atoms with Gasteiger partial charge in [-0.2, -0.15) is 0 Å². The van der Waals surface area contributed by atoms with Crippen molar-refractivity contribution >= 4 is 0 Å². The van der Waals surface area contributed by atoms with Gasteiger partial charge in [0.25, 0.3) is 0 Å². The Balaban J connectivity index is 1.83. The lowest BCUT2D eigenvalue weighted by molar-refractivity contribution is -0.104. The first-order valence-electron chi connectivity index (χ1n) is 7.71. The average Bonchev–Trinajstić information content (AvgIpc) is 2.87. The van der Waals surface area contributed by atoms with Gasteiger partial charge in [0.15, 0.2) is 0 Å². The average molecular weight is 277 g/mol. The molecule has 1 heterocycles. The third-order valence-corrected chi connectivity index (χ3v) is 5.30. The van der Waals surface area contributed by atoms with Crippen LogP contribution in [-0.4, -0.2) is 12.2 Å². The summed E-state index contributed by atoms with van der Waals surface area (Å²) >= 11 is 0. The van der Waals surface area contributed by atoms with E-state index >= 15 is 0 Å². The van der Waals surface area contributed by atoms with E-state index in [9.17, 15) is 4.39 Å². The second kappa shape index (κ2) is 5.12. The largest absolute Gasteiger partial charge is 0.375 e. The minimum atomic E-state index is -0.485. The molecule has 0 amide bonds. The second-order valence-corrected chi connectivity index (χ2v) is 6.72. The van der Waals surface area contributed by atoms with Gasteiger partial charge < -0.3 is 10.5 Å². The molecule has 1 saturated heterocycles. The van der Waals surface area contributed by atoms with Gasteiger partial charge in [-0.05, 0) is 56.2 Å². The Morgan fingerprint density at radius 1 is 1.35 bits per heavy atom. The van der Waals surface area contributed by atoms with Crippen LogP contribution in [0.3, 0.4) is 0 Å². The van der Waals surface area contributed by atoms with Crippen molar-refractivity contribution in [2.75, 3.05) is 6.61 Å². The molecule has 2 aliphatic rings. The molecular weight excluding hydrogens is 253 g/mol. The number of hydrogen-bond donors (Lipinski definition) is 1. The molecule has 1 aromatic rings. The Labute approximate surface area is 120 Å². The molecule has 3 heteroatoms. The van der Waals surface area contributed by atoms with Crippen LogP contribution in [0.2, 0.25) is 0 Å². The molecule has 110 valence electrons. The molecular formula is C17H24FNO. The molecule has 2 N–H and O–H groups in total. The number of hydrogen-bond acceptors (Lipinski definition) is 2. The molecule has 1 aliphatic carbocycles.